The topological polar surface area (TPSA) is 0 Å². The first-order valence-corrected chi connectivity index (χ1v) is 3.20. The highest BCUT2D eigenvalue weighted by molar-refractivity contribution is 5.47. The lowest BCUT2D eigenvalue weighted by atomic mass is 10.2. The SMILES string of the molecule is C[C]=Cc1cccc(F)c1F. The van der Waals surface area contributed by atoms with E-state index in [2.05, 4.69) is 6.08 Å². The van der Waals surface area contributed by atoms with Crippen molar-refractivity contribution in [1.29, 1.82) is 0 Å². The third-order valence-electron chi connectivity index (χ3n) is 1.28. The molecule has 0 heterocycles. The minimum absolute atomic E-state index is 0.229. The van der Waals surface area contributed by atoms with Crippen molar-refractivity contribution >= 4 is 6.08 Å². The van der Waals surface area contributed by atoms with Gasteiger partial charge in [0.05, 0.1) is 0 Å². The Bertz CT molecular complexity index is 277. The number of hydrogen-bond donors (Lipinski definition) is 0. The molecule has 1 aromatic carbocycles. The van der Waals surface area contributed by atoms with Gasteiger partial charge in [-0.3, -0.25) is 0 Å². The van der Waals surface area contributed by atoms with Gasteiger partial charge in [-0.2, -0.15) is 0 Å². The van der Waals surface area contributed by atoms with Crippen molar-refractivity contribution in [3.63, 3.8) is 0 Å². The molecule has 57 valence electrons. The summed E-state index contributed by atoms with van der Waals surface area (Å²) in [4.78, 5) is 0. The minimum Gasteiger partial charge on any atom is -0.204 e. The lowest BCUT2D eigenvalue weighted by Crippen LogP contribution is -1.86. The van der Waals surface area contributed by atoms with E-state index in [0.717, 1.165) is 6.07 Å². The zero-order chi connectivity index (χ0) is 8.27. The second-order valence-electron chi connectivity index (χ2n) is 2.08. The summed E-state index contributed by atoms with van der Waals surface area (Å²) in [5, 5.41) is 0. The van der Waals surface area contributed by atoms with E-state index >= 15 is 0 Å². The summed E-state index contributed by atoms with van der Waals surface area (Å²) in [7, 11) is 0. The molecule has 0 N–H and O–H groups in total. The molecule has 1 rings (SSSR count). The average Bonchev–Trinajstić information content (AvgIpc) is 1.99. The summed E-state index contributed by atoms with van der Waals surface area (Å²) >= 11 is 0. The van der Waals surface area contributed by atoms with Gasteiger partial charge in [0.25, 0.3) is 0 Å². The number of halogens is 2. The Labute approximate surface area is 64.2 Å². The van der Waals surface area contributed by atoms with Gasteiger partial charge in [-0.15, -0.1) is 0 Å². The van der Waals surface area contributed by atoms with Crippen LogP contribution in [0, 0.1) is 17.7 Å². The number of allylic oxidation sites excluding steroid dienone is 1. The predicted molar refractivity (Wildman–Crippen MR) is 39.7 cm³/mol. The Balaban J connectivity index is 3.16. The molecule has 0 saturated heterocycles. The van der Waals surface area contributed by atoms with Gasteiger partial charge in [-0.1, -0.05) is 12.1 Å². The molecule has 0 aromatic heterocycles. The van der Waals surface area contributed by atoms with Crippen molar-refractivity contribution in [1.82, 2.24) is 0 Å². The molecule has 11 heavy (non-hydrogen) atoms. The standard InChI is InChI=1S/C9H7F2/c1-2-4-7-5-3-6-8(10)9(7)11/h3-6H,1H3. The lowest BCUT2D eigenvalue weighted by Gasteiger charge is -1.95. The Morgan fingerprint density at radius 2 is 2.09 bits per heavy atom. The molecule has 0 nitrogen and oxygen atoms in total. The number of benzene rings is 1. The van der Waals surface area contributed by atoms with E-state index in [1.165, 1.54) is 18.2 Å². The maximum atomic E-state index is 12.7. The highest BCUT2D eigenvalue weighted by Crippen LogP contribution is 2.12. The molecule has 0 spiro atoms. The molecule has 0 bridgehead atoms. The first-order chi connectivity index (χ1) is 5.25. The third kappa shape index (κ3) is 1.64. The van der Waals surface area contributed by atoms with E-state index in [1.54, 1.807) is 6.92 Å². The van der Waals surface area contributed by atoms with Crippen LogP contribution in [0.4, 0.5) is 8.78 Å². The van der Waals surface area contributed by atoms with Crippen LogP contribution in [0.5, 0.6) is 0 Å². The zero-order valence-electron chi connectivity index (χ0n) is 6.07. The summed E-state index contributed by atoms with van der Waals surface area (Å²) < 4.78 is 25.2. The molecule has 0 amide bonds. The van der Waals surface area contributed by atoms with Crippen molar-refractivity contribution < 1.29 is 8.78 Å². The predicted octanol–water partition coefficient (Wildman–Crippen LogP) is 2.80. The van der Waals surface area contributed by atoms with E-state index in [1.807, 2.05) is 0 Å². The van der Waals surface area contributed by atoms with Crippen LogP contribution in [-0.4, -0.2) is 0 Å². The Morgan fingerprint density at radius 3 is 2.73 bits per heavy atom. The monoisotopic (exact) mass is 153 g/mol. The Hall–Kier alpha value is -1.18. The van der Waals surface area contributed by atoms with Crippen LogP contribution in [-0.2, 0) is 0 Å². The zero-order valence-corrected chi connectivity index (χ0v) is 6.07. The van der Waals surface area contributed by atoms with Crippen LogP contribution in [0.2, 0.25) is 0 Å². The largest absolute Gasteiger partial charge is 0.204 e. The average molecular weight is 153 g/mol. The Kier molecular flexibility index (Phi) is 2.36. The van der Waals surface area contributed by atoms with Crippen molar-refractivity contribution in [2.45, 2.75) is 6.92 Å². The molecule has 2 heteroatoms. The highest BCUT2D eigenvalue weighted by Gasteiger charge is 2.02. The van der Waals surface area contributed by atoms with Gasteiger partial charge >= 0.3 is 0 Å². The van der Waals surface area contributed by atoms with Crippen LogP contribution >= 0.6 is 0 Å². The summed E-state index contributed by atoms with van der Waals surface area (Å²) in [5.74, 6) is -1.64. The Morgan fingerprint density at radius 1 is 1.36 bits per heavy atom. The smallest absolute Gasteiger partial charge is 0.166 e. The maximum Gasteiger partial charge on any atom is 0.166 e. The van der Waals surface area contributed by atoms with Gasteiger partial charge in [0.1, 0.15) is 0 Å². The fraction of sp³-hybridized carbons (Fsp3) is 0.111. The van der Waals surface area contributed by atoms with Crippen LogP contribution in [0.15, 0.2) is 18.2 Å². The van der Waals surface area contributed by atoms with Gasteiger partial charge in [-0.25, -0.2) is 8.78 Å². The quantitative estimate of drug-likeness (QED) is 0.582. The molecular weight excluding hydrogens is 146 g/mol. The van der Waals surface area contributed by atoms with Crippen LogP contribution in [0.1, 0.15) is 12.5 Å². The van der Waals surface area contributed by atoms with Crippen molar-refractivity contribution in [3.8, 4) is 0 Å². The first-order valence-electron chi connectivity index (χ1n) is 3.20. The number of hydrogen-bond acceptors (Lipinski definition) is 0. The summed E-state index contributed by atoms with van der Waals surface area (Å²) in [6, 6.07) is 4.04. The number of rotatable bonds is 1. The summed E-state index contributed by atoms with van der Waals surface area (Å²) in [5.41, 5.74) is 0.229. The maximum absolute atomic E-state index is 12.7. The highest BCUT2D eigenvalue weighted by atomic mass is 19.2. The molecule has 0 saturated carbocycles. The molecule has 0 aliphatic carbocycles. The summed E-state index contributed by atoms with van der Waals surface area (Å²) in [6.45, 7) is 1.63. The van der Waals surface area contributed by atoms with Gasteiger partial charge < -0.3 is 0 Å². The van der Waals surface area contributed by atoms with Gasteiger partial charge in [0.15, 0.2) is 11.6 Å². The fourth-order valence-corrected chi connectivity index (χ4v) is 0.787. The van der Waals surface area contributed by atoms with Gasteiger partial charge in [0.2, 0.25) is 0 Å². The van der Waals surface area contributed by atoms with Gasteiger partial charge in [-0.05, 0) is 25.1 Å². The van der Waals surface area contributed by atoms with E-state index < -0.39 is 11.6 Å². The van der Waals surface area contributed by atoms with Gasteiger partial charge in [0, 0.05) is 5.56 Å². The second kappa shape index (κ2) is 3.28. The first kappa shape index (κ1) is 7.92. The van der Waals surface area contributed by atoms with Crippen LogP contribution < -0.4 is 0 Å². The molecule has 1 radical (unpaired) electrons. The third-order valence-corrected chi connectivity index (χ3v) is 1.28. The molecule has 0 aliphatic rings. The molecular formula is C9H7F2. The van der Waals surface area contributed by atoms with Crippen molar-refractivity contribution in [3.05, 3.63) is 41.5 Å². The molecule has 1 aromatic rings. The fourth-order valence-electron chi connectivity index (χ4n) is 0.787. The molecule has 0 aliphatic heterocycles. The van der Waals surface area contributed by atoms with Crippen molar-refractivity contribution in [2.24, 2.45) is 0 Å². The van der Waals surface area contributed by atoms with Crippen LogP contribution in [0.25, 0.3) is 6.08 Å². The van der Waals surface area contributed by atoms with E-state index in [0.29, 0.717) is 0 Å². The summed E-state index contributed by atoms with van der Waals surface area (Å²) in [6.07, 6.45) is 4.02. The van der Waals surface area contributed by atoms with E-state index in [9.17, 15) is 8.78 Å². The molecule has 0 fully saturated rings. The van der Waals surface area contributed by atoms with Crippen molar-refractivity contribution in [2.75, 3.05) is 0 Å². The van der Waals surface area contributed by atoms with E-state index in [4.69, 9.17) is 0 Å². The molecule has 0 atom stereocenters. The minimum atomic E-state index is -0.825. The second-order valence-corrected chi connectivity index (χ2v) is 2.08. The molecule has 0 unspecified atom stereocenters. The van der Waals surface area contributed by atoms with Crippen LogP contribution in [0.3, 0.4) is 0 Å². The normalized spacial score (nSPS) is 10.8. The lowest BCUT2D eigenvalue weighted by molar-refractivity contribution is 0.507. The van der Waals surface area contributed by atoms with E-state index in [-0.39, 0.29) is 5.56 Å².